The number of carboxylic acid groups (broad SMARTS) is 1. The number of amides is 3. The van der Waals surface area contributed by atoms with E-state index in [0.29, 0.717) is 0 Å². The summed E-state index contributed by atoms with van der Waals surface area (Å²) in [5, 5.41) is 16.6. The number of carboxylic acids is 1. The zero-order chi connectivity index (χ0) is 20.6. The predicted octanol–water partition coefficient (Wildman–Crippen LogP) is -0.845. The Balaban J connectivity index is 2.61. The van der Waals surface area contributed by atoms with Gasteiger partial charge in [-0.05, 0) is 26.3 Å². The largest absolute Gasteiger partial charge is 0.480 e. The molecule has 0 unspecified atom stereocenters. The molecular weight excluding hydrogens is 352 g/mol. The fraction of sp³-hybridized carbons (Fsp3) is 0.444. The molecule has 0 bridgehead atoms. The summed E-state index contributed by atoms with van der Waals surface area (Å²) in [6.07, 6.45) is 0.115. The average molecular weight is 378 g/mol. The lowest BCUT2D eigenvalue weighted by atomic mass is 10.1. The van der Waals surface area contributed by atoms with Gasteiger partial charge >= 0.3 is 5.97 Å². The molecule has 0 spiro atoms. The Hall–Kier alpha value is -2.94. The van der Waals surface area contributed by atoms with Crippen molar-refractivity contribution in [1.82, 2.24) is 16.0 Å². The molecule has 1 aromatic carbocycles. The molecule has 0 radical (unpaired) electrons. The quantitative estimate of drug-likeness (QED) is 0.378. The van der Waals surface area contributed by atoms with Crippen molar-refractivity contribution in [3.63, 3.8) is 0 Å². The molecule has 0 saturated carbocycles. The van der Waals surface area contributed by atoms with Crippen LogP contribution < -0.4 is 21.7 Å². The first-order chi connectivity index (χ1) is 12.6. The smallest absolute Gasteiger partial charge is 0.326 e. The fourth-order valence-corrected chi connectivity index (χ4v) is 2.16. The summed E-state index contributed by atoms with van der Waals surface area (Å²) in [6, 6.07) is 5.11. The number of hydrogen-bond donors (Lipinski definition) is 5. The summed E-state index contributed by atoms with van der Waals surface area (Å²) < 4.78 is 0. The Kier molecular flexibility index (Phi) is 8.40. The second-order valence-electron chi connectivity index (χ2n) is 6.34. The highest BCUT2D eigenvalue weighted by molar-refractivity contribution is 5.93. The first-order valence-corrected chi connectivity index (χ1v) is 8.55. The van der Waals surface area contributed by atoms with E-state index in [1.165, 1.54) is 20.8 Å². The Morgan fingerprint density at radius 3 is 1.85 bits per heavy atom. The minimum Gasteiger partial charge on any atom is -0.480 e. The standard InChI is InChI=1S/C18H26N4O5/c1-10(19)15(23)20-11(2)16(24)21-12(3)17(25)22-14(18(26)27)9-13-7-5-4-6-8-13/h4-8,10-12,14H,9,19H2,1-3H3,(H,20,23)(H,21,24)(H,22,25)(H,26,27)/t10-,11-,12-,14-/m0/s1. The van der Waals surface area contributed by atoms with E-state index in [4.69, 9.17) is 5.73 Å². The molecule has 0 saturated heterocycles. The summed E-state index contributed by atoms with van der Waals surface area (Å²) >= 11 is 0. The molecule has 0 aliphatic carbocycles. The maximum absolute atomic E-state index is 12.2. The molecule has 27 heavy (non-hydrogen) atoms. The summed E-state index contributed by atoms with van der Waals surface area (Å²) in [7, 11) is 0. The van der Waals surface area contributed by atoms with Gasteiger partial charge in [0.2, 0.25) is 17.7 Å². The number of benzene rings is 1. The van der Waals surface area contributed by atoms with Gasteiger partial charge in [0.25, 0.3) is 0 Å². The Bertz CT molecular complexity index is 678. The molecule has 0 aromatic heterocycles. The van der Waals surface area contributed by atoms with Crippen LogP contribution in [0.15, 0.2) is 30.3 Å². The van der Waals surface area contributed by atoms with Crippen molar-refractivity contribution < 1.29 is 24.3 Å². The minimum atomic E-state index is -1.18. The molecule has 6 N–H and O–H groups in total. The molecule has 1 rings (SSSR count). The third kappa shape index (κ3) is 7.45. The zero-order valence-electron chi connectivity index (χ0n) is 15.6. The van der Waals surface area contributed by atoms with Gasteiger partial charge in [-0.15, -0.1) is 0 Å². The number of rotatable bonds is 9. The van der Waals surface area contributed by atoms with Crippen LogP contribution in [0.5, 0.6) is 0 Å². The fourth-order valence-electron chi connectivity index (χ4n) is 2.16. The van der Waals surface area contributed by atoms with Gasteiger partial charge in [-0.1, -0.05) is 30.3 Å². The van der Waals surface area contributed by atoms with Crippen molar-refractivity contribution in [2.45, 2.75) is 51.4 Å². The summed E-state index contributed by atoms with van der Waals surface area (Å²) in [4.78, 5) is 47.2. The average Bonchev–Trinajstić information content (AvgIpc) is 2.61. The van der Waals surface area contributed by atoms with Gasteiger partial charge in [-0.2, -0.15) is 0 Å². The summed E-state index contributed by atoms with van der Waals surface area (Å²) in [6.45, 7) is 4.36. The van der Waals surface area contributed by atoms with Crippen molar-refractivity contribution in [1.29, 1.82) is 0 Å². The molecule has 0 aliphatic rings. The van der Waals surface area contributed by atoms with E-state index in [0.717, 1.165) is 5.56 Å². The minimum absolute atomic E-state index is 0.115. The highest BCUT2D eigenvalue weighted by atomic mass is 16.4. The number of hydrogen-bond acceptors (Lipinski definition) is 5. The van der Waals surface area contributed by atoms with Gasteiger partial charge < -0.3 is 26.8 Å². The van der Waals surface area contributed by atoms with Crippen molar-refractivity contribution in [3.05, 3.63) is 35.9 Å². The predicted molar refractivity (Wildman–Crippen MR) is 98.6 cm³/mol. The summed E-state index contributed by atoms with van der Waals surface area (Å²) in [5.74, 6) is -2.90. The molecule has 9 nitrogen and oxygen atoms in total. The highest BCUT2D eigenvalue weighted by Gasteiger charge is 2.26. The Morgan fingerprint density at radius 1 is 0.889 bits per heavy atom. The number of nitrogens with one attached hydrogen (secondary N) is 3. The van der Waals surface area contributed by atoms with E-state index >= 15 is 0 Å². The third-order valence-electron chi connectivity index (χ3n) is 3.81. The van der Waals surface area contributed by atoms with Crippen LogP contribution >= 0.6 is 0 Å². The van der Waals surface area contributed by atoms with E-state index in [1.54, 1.807) is 30.3 Å². The van der Waals surface area contributed by atoms with Crippen molar-refractivity contribution in [2.24, 2.45) is 5.73 Å². The molecule has 1 aromatic rings. The maximum Gasteiger partial charge on any atom is 0.326 e. The van der Waals surface area contributed by atoms with Crippen LogP contribution in [0.3, 0.4) is 0 Å². The van der Waals surface area contributed by atoms with E-state index in [2.05, 4.69) is 16.0 Å². The van der Waals surface area contributed by atoms with Crippen LogP contribution in [0.2, 0.25) is 0 Å². The van der Waals surface area contributed by atoms with Crippen LogP contribution in [0.25, 0.3) is 0 Å². The Labute approximate surface area is 157 Å². The number of carbonyl (C=O) groups is 4. The molecule has 0 aliphatic heterocycles. The molecule has 0 fully saturated rings. The lowest BCUT2D eigenvalue weighted by Crippen LogP contribution is -2.55. The topological polar surface area (TPSA) is 151 Å². The van der Waals surface area contributed by atoms with Gasteiger partial charge in [0.05, 0.1) is 6.04 Å². The monoisotopic (exact) mass is 378 g/mol. The molecular formula is C18H26N4O5. The van der Waals surface area contributed by atoms with Crippen LogP contribution in [0.1, 0.15) is 26.3 Å². The molecule has 9 heteroatoms. The molecule has 3 amide bonds. The molecule has 148 valence electrons. The SMILES string of the molecule is C[C@H](N)C(=O)N[C@@H](C)C(=O)N[C@@H](C)C(=O)N[C@@H](Cc1ccccc1)C(=O)O. The first-order valence-electron chi connectivity index (χ1n) is 8.55. The van der Waals surface area contributed by atoms with Crippen molar-refractivity contribution in [3.8, 4) is 0 Å². The number of carbonyl (C=O) groups excluding carboxylic acids is 3. The Morgan fingerprint density at radius 2 is 1.37 bits per heavy atom. The molecule has 4 atom stereocenters. The third-order valence-corrected chi connectivity index (χ3v) is 3.81. The van der Waals surface area contributed by atoms with Gasteiger partial charge in [0.1, 0.15) is 18.1 Å². The highest BCUT2D eigenvalue weighted by Crippen LogP contribution is 2.04. The van der Waals surface area contributed by atoms with E-state index in [-0.39, 0.29) is 6.42 Å². The lowest BCUT2D eigenvalue weighted by Gasteiger charge is -2.21. The zero-order valence-corrected chi connectivity index (χ0v) is 15.6. The second kappa shape index (κ2) is 10.3. The van der Waals surface area contributed by atoms with Gasteiger partial charge in [0.15, 0.2) is 0 Å². The first kappa shape index (κ1) is 22.1. The van der Waals surface area contributed by atoms with E-state index in [1.807, 2.05) is 0 Å². The van der Waals surface area contributed by atoms with Crippen LogP contribution in [-0.4, -0.2) is 53.0 Å². The van der Waals surface area contributed by atoms with Crippen LogP contribution in [0.4, 0.5) is 0 Å². The maximum atomic E-state index is 12.2. The lowest BCUT2D eigenvalue weighted by molar-refractivity contribution is -0.142. The number of nitrogens with two attached hydrogens (primary N) is 1. The second-order valence-corrected chi connectivity index (χ2v) is 6.34. The van der Waals surface area contributed by atoms with Gasteiger partial charge in [0, 0.05) is 6.42 Å². The molecule has 0 heterocycles. The van der Waals surface area contributed by atoms with Crippen LogP contribution in [0, 0.1) is 0 Å². The van der Waals surface area contributed by atoms with Crippen molar-refractivity contribution >= 4 is 23.7 Å². The van der Waals surface area contributed by atoms with Gasteiger partial charge in [-0.3, -0.25) is 14.4 Å². The number of aliphatic carboxylic acids is 1. The van der Waals surface area contributed by atoms with Gasteiger partial charge in [-0.25, -0.2) is 4.79 Å². The van der Waals surface area contributed by atoms with E-state index < -0.39 is 47.9 Å². The van der Waals surface area contributed by atoms with Crippen molar-refractivity contribution in [2.75, 3.05) is 0 Å². The normalized spacial score (nSPS) is 15.0. The van der Waals surface area contributed by atoms with Crippen LogP contribution in [-0.2, 0) is 25.6 Å². The van der Waals surface area contributed by atoms with E-state index in [9.17, 15) is 24.3 Å². The summed E-state index contributed by atoms with van der Waals surface area (Å²) in [5.41, 5.74) is 6.18.